The summed E-state index contributed by atoms with van der Waals surface area (Å²) in [5, 5.41) is 2.38. The standard InChI is InChI=1S/C23H20F4N6O4S/c1-13(2)33(38(35,36)21-6-14-5-16(24)3-4-19(14)37-21)11-20(34)28-10-17-7-18(32-12-31-17)15-8-29-22(30-9-15)23(25,26)27/h3-9,12-13H,10-11H2,1-2H3,(H,28,34). The predicted octanol–water partition coefficient (Wildman–Crippen LogP) is 3.55. The molecule has 1 N–H and O–H groups in total. The molecule has 4 rings (SSSR count). The molecule has 0 radical (unpaired) electrons. The van der Waals surface area contributed by atoms with Crippen molar-refractivity contribution in [3.63, 3.8) is 0 Å². The lowest BCUT2D eigenvalue weighted by Crippen LogP contribution is -2.44. The zero-order valence-corrected chi connectivity index (χ0v) is 20.7. The first-order valence-electron chi connectivity index (χ1n) is 11.0. The molecule has 0 unspecified atom stereocenters. The maximum atomic E-state index is 13.5. The normalized spacial score (nSPS) is 12.4. The Kier molecular flexibility index (Phi) is 7.42. The topological polar surface area (TPSA) is 131 Å². The van der Waals surface area contributed by atoms with Gasteiger partial charge in [-0.15, -0.1) is 0 Å². The van der Waals surface area contributed by atoms with Crippen LogP contribution in [0.4, 0.5) is 17.6 Å². The summed E-state index contributed by atoms with van der Waals surface area (Å²) < 4.78 is 84.2. The Bertz CT molecular complexity index is 1570. The Labute approximate surface area is 213 Å². The fourth-order valence-electron chi connectivity index (χ4n) is 3.42. The van der Waals surface area contributed by atoms with Gasteiger partial charge >= 0.3 is 6.18 Å². The quantitative estimate of drug-likeness (QED) is 0.329. The highest BCUT2D eigenvalue weighted by Gasteiger charge is 2.34. The molecule has 1 amide bonds. The Morgan fingerprint density at radius 1 is 1.08 bits per heavy atom. The van der Waals surface area contributed by atoms with E-state index in [2.05, 4.69) is 25.3 Å². The Morgan fingerprint density at radius 2 is 1.79 bits per heavy atom. The second-order valence-corrected chi connectivity index (χ2v) is 10.2. The molecule has 3 heterocycles. The summed E-state index contributed by atoms with van der Waals surface area (Å²) in [5.74, 6) is -2.49. The van der Waals surface area contributed by atoms with Crippen LogP contribution in [0.2, 0.25) is 0 Å². The zero-order chi connectivity index (χ0) is 27.7. The van der Waals surface area contributed by atoms with Gasteiger partial charge in [-0.3, -0.25) is 4.79 Å². The van der Waals surface area contributed by atoms with E-state index < -0.39 is 51.4 Å². The number of nitrogens with one attached hydrogen (secondary N) is 1. The maximum absolute atomic E-state index is 13.5. The molecule has 1 aromatic carbocycles. The van der Waals surface area contributed by atoms with Gasteiger partial charge in [0.1, 0.15) is 17.7 Å². The number of rotatable bonds is 8. The number of sulfonamides is 1. The van der Waals surface area contributed by atoms with Crippen molar-refractivity contribution in [2.45, 2.75) is 37.7 Å². The minimum Gasteiger partial charge on any atom is -0.443 e. The number of nitrogens with zero attached hydrogens (tertiary/aromatic N) is 5. The van der Waals surface area contributed by atoms with Crippen molar-refractivity contribution in [1.29, 1.82) is 0 Å². The molecule has 4 aromatic rings. The Hall–Kier alpha value is -3.98. The average Bonchev–Trinajstić information content (AvgIpc) is 3.30. The summed E-state index contributed by atoms with van der Waals surface area (Å²) >= 11 is 0. The van der Waals surface area contributed by atoms with Crippen molar-refractivity contribution in [3.05, 3.63) is 66.4 Å². The minimum atomic E-state index is -4.68. The molecule has 3 aromatic heterocycles. The lowest BCUT2D eigenvalue weighted by molar-refractivity contribution is -0.145. The monoisotopic (exact) mass is 552 g/mol. The number of carbonyl (C=O) groups is 1. The highest BCUT2D eigenvalue weighted by Crippen LogP contribution is 2.28. The Balaban J connectivity index is 1.45. The number of hydrogen-bond donors (Lipinski definition) is 1. The smallest absolute Gasteiger partial charge is 0.443 e. The van der Waals surface area contributed by atoms with Crippen LogP contribution < -0.4 is 5.32 Å². The predicted molar refractivity (Wildman–Crippen MR) is 125 cm³/mol. The fraction of sp³-hybridized carbons (Fsp3) is 0.261. The van der Waals surface area contributed by atoms with Crippen molar-refractivity contribution in [2.75, 3.05) is 6.54 Å². The molecule has 0 aliphatic carbocycles. The van der Waals surface area contributed by atoms with E-state index in [1.807, 2.05) is 0 Å². The average molecular weight is 553 g/mol. The van der Waals surface area contributed by atoms with Gasteiger partial charge in [0, 0.05) is 35.5 Å². The molecule has 0 bridgehead atoms. The van der Waals surface area contributed by atoms with E-state index in [0.717, 1.165) is 35.2 Å². The number of fused-ring (bicyclic) bond motifs is 1. The van der Waals surface area contributed by atoms with Crippen molar-refractivity contribution in [2.24, 2.45) is 0 Å². The van der Waals surface area contributed by atoms with Crippen LogP contribution >= 0.6 is 0 Å². The highest BCUT2D eigenvalue weighted by atomic mass is 32.2. The van der Waals surface area contributed by atoms with E-state index in [1.165, 1.54) is 18.2 Å². The molecular formula is C23H20F4N6O4S. The summed E-state index contributed by atoms with van der Waals surface area (Å²) in [6, 6.07) is 5.57. The van der Waals surface area contributed by atoms with Gasteiger partial charge in [0.2, 0.25) is 16.8 Å². The van der Waals surface area contributed by atoms with Gasteiger partial charge in [0.25, 0.3) is 10.0 Å². The molecular weight excluding hydrogens is 532 g/mol. The second-order valence-electron chi connectivity index (χ2n) is 8.36. The summed E-state index contributed by atoms with van der Waals surface area (Å²) in [6.07, 6.45) is -1.58. The number of halogens is 4. The maximum Gasteiger partial charge on any atom is 0.451 e. The van der Waals surface area contributed by atoms with Crippen LogP contribution in [0, 0.1) is 5.82 Å². The number of furan rings is 1. The number of alkyl halides is 3. The van der Waals surface area contributed by atoms with Gasteiger partial charge in [-0.25, -0.2) is 32.7 Å². The van der Waals surface area contributed by atoms with E-state index in [4.69, 9.17) is 4.42 Å². The molecule has 15 heteroatoms. The molecule has 0 saturated heterocycles. The molecule has 0 aliphatic rings. The molecule has 200 valence electrons. The number of hydrogen-bond acceptors (Lipinski definition) is 8. The van der Waals surface area contributed by atoms with Gasteiger partial charge < -0.3 is 9.73 Å². The SMILES string of the molecule is CC(C)N(CC(=O)NCc1cc(-c2cnc(C(F)(F)F)nc2)ncn1)S(=O)(=O)c1cc2cc(F)ccc2o1. The van der Waals surface area contributed by atoms with Crippen molar-refractivity contribution < 1.29 is 35.2 Å². The third kappa shape index (κ3) is 5.94. The van der Waals surface area contributed by atoms with Crippen LogP contribution in [0.15, 0.2) is 58.6 Å². The van der Waals surface area contributed by atoms with Crippen LogP contribution in [0.1, 0.15) is 25.4 Å². The van der Waals surface area contributed by atoms with Crippen LogP contribution in [-0.2, 0) is 27.5 Å². The molecule has 0 fully saturated rings. The van der Waals surface area contributed by atoms with Gasteiger partial charge in [0.15, 0.2) is 0 Å². The van der Waals surface area contributed by atoms with Gasteiger partial charge in [-0.1, -0.05) is 0 Å². The van der Waals surface area contributed by atoms with E-state index >= 15 is 0 Å². The highest BCUT2D eigenvalue weighted by molar-refractivity contribution is 7.89. The van der Waals surface area contributed by atoms with E-state index in [1.54, 1.807) is 13.8 Å². The fourth-order valence-corrected chi connectivity index (χ4v) is 4.97. The first kappa shape index (κ1) is 27.1. The lowest BCUT2D eigenvalue weighted by Gasteiger charge is -2.24. The van der Waals surface area contributed by atoms with Gasteiger partial charge in [-0.2, -0.15) is 17.5 Å². The van der Waals surface area contributed by atoms with Crippen molar-refractivity contribution >= 4 is 26.9 Å². The summed E-state index contributed by atoms with van der Waals surface area (Å²) in [7, 11) is -4.25. The summed E-state index contributed by atoms with van der Waals surface area (Å²) in [4.78, 5) is 27.2. The molecule has 0 atom stereocenters. The second kappa shape index (κ2) is 10.4. The van der Waals surface area contributed by atoms with Crippen LogP contribution in [0.25, 0.3) is 22.2 Å². The van der Waals surface area contributed by atoms with Gasteiger partial charge in [0.05, 0.1) is 24.5 Å². The van der Waals surface area contributed by atoms with Crippen molar-refractivity contribution in [3.8, 4) is 11.3 Å². The molecule has 0 saturated carbocycles. The number of aromatic nitrogens is 4. The van der Waals surface area contributed by atoms with E-state index in [0.29, 0.717) is 5.69 Å². The number of amides is 1. The molecule has 0 spiro atoms. The third-order valence-electron chi connectivity index (χ3n) is 5.29. The molecule has 38 heavy (non-hydrogen) atoms. The first-order chi connectivity index (χ1) is 17.8. The lowest BCUT2D eigenvalue weighted by atomic mass is 10.2. The first-order valence-corrected chi connectivity index (χ1v) is 12.5. The molecule has 10 nitrogen and oxygen atoms in total. The third-order valence-corrected chi connectivity index (χ3v) is 7.16. The van der Waals surface area contributed by atoms with E-state index in [9.17, 15) is 30.8 Å². The van der Waals surface area contributed by atoms with Crippen LogP contribution in [0.3, 0.4) is 0 Å². The van der Waals surface area contributed by atoms with E-state index in [-0.39, 0.29) is 28.8 Å². The summed E-state index contributed by atoms with van der Waals surface area (Å²) in [6.45, 7) is 2.49. The Morgan fingerprint density at radius 3 is 2.45 bits per heavy atom. The summed E-state index contributed by atoms with van der Waals surface area (Å²) in [5.41, 5.74) is 0.916. The molecule has 0 aliphatic heterocycles. The number of carbonyl (C=O) groups excluding carboxylic acids is 1. The minimum absolute atomic E-state index is 0.119. The largest absolute Gasteiger partial charge is 0.451 e. The van der Waals surface area contributed by atoms with Crippen LogP contribution in [0.5, 0.6) is 0 Å². The number of benzene rings is 1. The van der Waals surface area contributed by atoms with Gasteiger partial charge in [-0.05, 0) is 38.1 Å². The zero-order valence-electron chi connectivity index (χ0n) is 19.9. The van der Waals surface area contributed by atoms with Crippen molar-refractivity contribution in [1.82, 2.24) is 29.6 Å². The van der Waals surface area contributed by atoms with Crippen LogP contribution in [-0.4, -0.2) is 51.2 Å².